The largest absolute Gasteiger partial charge is 0.455 e. The van der Waals surface area contributed by atoms with Gasteiger partial charge in [-0.3, -0.25) is 14.4 Å². The van der Waals surface area contributed by atoms with E-state index in [0.717, 1.165) is 19.4 Å². The number of carbonyl (C=O) groups excluding carboxylic acids is 2. The third-order valence-corrected chi connectivity index (χ3v) is 4.00. The van der Waals surface area contributed by atoms with Crippen molar-refractivity contribution in [1.82, 2.24) is 15.5 Å². The molecule has 1 saturated heterocycles. The van der Waals surface area contributed by atoms with Gasteiger partial charge >= 0.3 is 5.97 Å². The molecule has 25 heavy (non-hydrogen) atoms. The monoisotopic (exact) mass is 345 g/mol. The van der Waals surface area contributed by atoms with Gasteiger partial charge in [0.2, 0.25) is 0 Å². The highest BCUT2D eigenvalue weighted by atomic mass is 16.5. The van der Waals surface area contributed by atoms with Crippen LogP contribution in [0.15, 0.2) is 29.1 Å². The minimum Gasteiger partial charge on any atom is -0.455 e. The van der Waals surface area contributed by atoms with Crippen LogP contribution in [0.3, 0.4) is 0 Å². The molecule has 132 valence electrons. The van der Waals surface area contributed by atoms with Gasteiger partial charge in [0.15, 0.2) is 6.61 Å². The van der Waals surface area contributed by atoms with E-state index < -0.39 is 5.97 Å². The Kier molecular flexibility index (Phi) is 5.39. The van der Waals surface area contributed by atoms with Crippen molar-refractivity contribution < 1.29 is 19.1 Å². The number of fused-ring (bicyclic) bond motifs is 1. The first-order valence-corrected chi connectivity index (χ1v) is 8.13. The van der Waals surface area contributed by atoms with Crippen molar-refractivity contribution in [3.63, 3.8) is 0 Å². The molecule has 2 N–H and O–H groups in total. The number of H-pyrrole nitrogens is 1. The van der Waals surface area contributed by atoms with E-state index in [4.69, 9.17) is 9.47 Å². The average molecular weight is 345 g/mol. The quantitative estimate of drug-likeness (QED) is 0.729. The first-order valence-electron chi connectivity index (χ1n) is 8.13. The first-order chi connectivity index (χ1) is 12.1. The zero-order chi connectivity index (χ0) is 17.6. The van der Waals surface area contributed by atoms with E-state index in [2.05, 4.69) is 15.5 Å². The van der Waals surface area contributed by atoms with Gasteiger partial charge in [0.25, 0.3) is 11.5 Å². The summed E-state index contributed by atoms with van der Waals surface area (Å²) < 4.78 is 10.4. The van der Waals surface area contributed by atoms with Crippen LogP contribution in [0.5, 0.6) is 0 Å². The van der Waals surface area contributed by atoms with Crippen LogP contribution in [-0.4, -0.2) is 47.9 Å². The van der Waals surface area contributed by atoms with Gasteiger partial charge in [-0.05, 0) is 18.9 Å². The smallest absolute Gasteiger partial charge is 0.312 e. The molecular weight excluding hydrogens is 326 g/mol. The van der Waals surface area contributed by atoms with Crippen LogP contribution in [-0.2, 0) is 25.5 Å². The molecule has 1 aliphatic rings. The lowest BCUT2D eigenvalue weighted by atomic mass is 10.1. The van der Waals surface area contributed by atoms with E-state index in [1.807, 2.05) is 0 Å². The number of aromatic amines is 1. The number of nitrogens with one attached hydrogen (secondary N) is 2. The summed E-state index contributed by atoms with van der Waals surface area (Å²) in [6.45, 7) is 0.783. The van der Waals surface area contributed by atoms with E-state index in [9.17, 15) is 14.4 Å². The van der Waals surface area contributed by atoms with Crippen LogP contribution >= 0.6 is 0 Å². The fourth-order valence-electron chi connectivity index (χ4n) is 2.72. The van der Waals surface area contributed by atoms with Crippen molar-refractivity contribution in [2.24, 2.45) is 0 Å². The second-order valence-corrected chi connectivity index (χ2v) is 5.82. The lowest BCUT2D eigenvalue weighted by Gasteiger charge is -2.11. The number of esters is 1. The van der Waals surface area contributed by atoms with Crippen LogP contribution in [0.2, 0.25) is 0 Å². The molecule has 1 amide bonds. The van der Waals surface area contributed by atoms with Crippen LogP contribution in [0.1, 0.15) is 18.5 Å². The minimum atomic E-state index is -0.586. The third kappa shape index (κ3) is 4.42. The second-order valence-electron chi connectivity index (χ2n) is 5.82. The normalized spacial score (nSPS) is 16.7. The standard InChI is InChI=1S/C17H19N3O5/c21-15(18-9-11-4-3-7-24-11)10-25-16(22)8-14-12-5-1-2-6-13(12)17(23)20-19-14/h1-2,5-6,11H,3-4,7-10H2,(H,18,21)(H,20,23)/t11-/m1/s1. The van der Waals surface area contributed by atoms with Crippen molar-refractivity contribution in [1.29, 1.82) is 0 Å². The van der Waals surface area contributed by atoms with Gasteiger partial charge in [-0.2, -0.15) is 5.10 Å². The minimum absolute atomic E-state index is 0.0383. The number of carbonyl (C=O) groups is 2. The molecule has 0 aliphatic carbocycles. The number of hydrogen-bond donors (Lipinski definition) is 2. The molecule has 0 spiro atoms. The molecule has 2 heterocycles. The molecule has 8 nitrogen and oxygen atoms in total. The average Bonchev–Trinajstić information content (AvgIpc) is 3.14. The Bertz CT molecular complexity index is 826. The summed E-state index contributed by atoms with van der Waals surface area (Å²) in [6.07, 6.45) is 1.83. The Morgan fingerprint density at radius 1 is 1.32 bits per heavy atom. The molecule has 3 rings (SSSR count). The fraction of sp³-hybridized carbons (Fsp3) is 0.412. The Morgan fingerprint density at radius 2 is 2.12 bits per heavy atom. The summed E-state index contributed by atoms with van der Waals surface area (Å²) in [6, 6.07) is 6.87. The van der Waals surface area contributed by atoms with Gasteiger partial charge in [0, 0.05) is 18.5 Å². The van der Waals surface area contributed by atoms with E-state index in [-0.39, 0.29) is 30.6 Å². The van der Waals surface area contributed by atoms with Crippen LogP contribution in [0.25, 0.3) is 10.8 Å². The fourth-order valence-corrected chi connectivity index (χ4v) is 2.72. The lowest BCUT2D eigenvalue weighted by molar-refractivity contribution is -0.148. The predicted molar refractivity (Wildman–Crippen MR) is 89.0 cm³/mol. The molecule has 0 unspecified atom stereocenters. The van der Waals surface area contributed by atoms with Gasteiger partial charge in [-0.15, -0.1) is 0 Å². The number of benzene rings is 1. The van der Waals surface area contributed by atoms with Crippen molar-refractivity contribution in [2.75, 3.05) is 19.8 Å². The molecular formula is C17H19N3O5. The maximum Gasteiger partial charge on any atom is 0.312 e. The Hall–Kier alpha value is -2.74. The summed E-state index contributed by atoms with van der Waals surface area (Å²) in [5.74, 6) is -0.958. The summed E-state index contributed by atoms with van der Waals surface area (Å²) in [5, 5.41) is 9.98. The number of rotatable bonds is 6. The van der Waals surface area contributed by atoms with Gasteiger partial charge in [-0.1, -0.05) is 18.2 Å². The maximum atomic E-state index is 11.9. The second kappa shape index (κ2) is 7.89. The Balaban J connectivity index is 1.52. The SMILES string of the molecule is O=C(COC(=O)Cc1n[nH]c(=O)c2ccccc12)NC[C@H]1CCCO1. The number of aromatic nitrogens is 2. The topological polar surface area (TPSA) is 110 Å². The highest BCUT2D eigenvalue weighted by molar-refractivity contribution is 5.87. The van der Waals surface area contributed by atoms with E-state index in [1.165, 1.54) is 0 Å². The van der Waals surface area contributed by atoms with Crippen molar-refractivity contribution >= 4 is 22.6 Å². The molecule has 0 radical (unpaired) electrons. The van der Waals surface area contributed by atoms with Crippen molar-refractivity contribution in [3.05, 3.63) is 40.3 Å². The van der Waals surface area contributed by atoms with Crippen LogP contribution in [0.4, 0.5) is 0 Å². The van der Waals surface area contributed by atoms with Crippen LogP contribution in [0, 0.1) is 0 Å². The van der Waals surface area contributed by atoms with Crippen molar-refractivity contribution in [2.45, 2.75) is 25.4 Å². The molecule has 1 aromatic carbocycles. The first kappa shape index (κ1) is 17.1. The van der Waals surface area contributed by atoms with Gasteiger partial charge in [-0.25, -0.2) is 5.10 Å². The summed E-state index contributed by atoms with van der Waals surface area (Å²) in [7, 11) is 0. The molecule has 0 bridgehead atoms. The van der Waals surface area contributed by atoms with E-state index in [0.29, 0.717) is 23.0 Å². The number of nitrogens with zero attached hydrogens (tertiary/aromatic N) is 1. The maximum absolute atomic E-state index is 11.9. The number of amides is 1. The molecule has 1 atom stereocenters. The highest BCUT2D eigenvalue weighted by Crippen LogP contribution is 2.13. The molecule has 2 aromatic rings. The zero-order valence-electron chi connectivity index (χ0n) is 13.6. The zero-order valence-corrected chi connectivity index (χ0v) is 13.6. The summed E-state index contributed by atoms with van der Waals surface area (Å²) >= 11 is 0. The van der Waals surface area contributed by atoms with Gasteiger partial charge in [0.1, 0.15) is 0 Å². The van der Waals surface area contributed by atoms with Crippen LogP contribution < -0.4 is 10.9 Å². The summed E-state index contributed by atoms with van der Waals surface area (Å²) in [4.78, 5) is 35.4. The van der Waals surface area contributed by atoms with Gasteiger partial charge in [0.05, 0.1) is 23.6 Å². The Morgan fingerprint density at radius 3 is 2.88 bits per heavy atom. The molecule has 1 aromatic heterocycles. The Labute approximate surface area is 143 Å². The molecule has 1 aliphatic heterocycles. The third-order valence-electron chi connectivity index (χ3n) is 4.00. The lowest BCUT2D eigenvalue weighted by Crippen LogP contribution is -2.35. The molecule has 1 fully saturated rings. The number of hydrogen-bond acceptors (Lipinski definition) is 6. The predicted octanol–water partition coefficient (Wildman–Crippen LogP) is 0.304. The molecule has 0 saturated carbocycles. The number of ether oxygens (including phenoxy) is 2. The van der Waals surface area contributed by atoms with Crippen molar-refractivity contribution in [3.8, 4) is 0 Å². The van der Waals surface area contributed by atoms with Gasteiger partial charge < -0.3 is 14.8 Å². The molecule has 8 heteroatoms. The highest BCUT2D eigenvalue weighted by Gasteiger charge is 2.17. The summed E-state index contributed by atoms with van der Waals surface area (Å²) in [5.41, 5.74) is 0.0844. The van der Waals surface area contributed by atoms with E-state index in [1.54, 1.807) is 24.3 Å². The van der Waals surface area contributed by atoms with E-state index >= 15 is 0 Å².